The minimum atomic E-state index is -1.43. The molecule has 0 spiro atoms. The zero-order valence-corrected chi connectivity index (χ0v) is 10.1. The van der Waals surface area contributed by atoms with Crippen LogP contribution in [0.25, 0.3) is 0 Å². The lowest BCUT2D eigenvalue weighted by atomic mass is 10.2. The van der Waals surface area contributed by atoms with Gasteiger partial charge in [-0.3, -0.25) is 0 Å². The Balaban J connectivity index is 3.13. The largest absolute Gasteiger partial charge is 0.216 e. The van der Waals surface area contributed by atoms with E-state index in [1.54, 1.807) is 24.3 Å². The molecule has 1 aromatic rings. The van der Waals surface area contributed by atoms with E-state index in [0.717, 1.165) is 0 Å². The molecule has 0 aliphatic carbocycles. The summed E-state index contributed by atoms with van der Waals surface area (Å²) in [7, 11) is 0. The molecule has 70 valence electrons. The van der Waals surface area contributed by atoms with Gasteiger partial charge in [0.25, 0.3) is 0 Å². The van der Waals surface area contributed by atoms with E-state index in [1.807, 2.05) is 0 Å². The van der Waals surface area contributed by atoms with E-state index >= 15 is 0 Å². The molecule has 0 nitrogen and oxygen atoms in total. The molecule has 0 aliphatic rings. The van der Waals surface area contributed by atoms with E-state index in [2.05, 4.69) is 0 Å². The van der Waals surface area contributed by atoms with Crippen LogP contribution in [0, 0.1) is 0 Å². The summed E-state index contributed by atoms with van der Waals surface area (Å²) in [6, 6.07) is 6.85. The molecule has 0 amide bonds. The van der Waals surface area contributed by atoms with E-state index in [0.29, 0.717) is 11.1 Å². The van der Waals surface area contributed by atoms with Crippen LogP contribution in [0.15, 0.2) is 24.3 Å². The van der Waals surface area contributed by atoms with Crippen molar-refractivity contribution in [3.8, 4) is 0 Å². The van der Waals surface area contributed by atoms with Crippen LogP contribution in [0.5, 0.6) is 0 Å². The minimum Gasteiger partial charge on any atom is -0.0784 e. The van der Waals surface area contributed by atoms with Crippen LogP contribution in [0.1, 0.15) is 11.1 Å². The summed E-state index contributed by atoms with van der Waals surface area (Å²) in [5.74, 6) is 0. The summed E-state index contributed by atoms with van der Waals surface area (Å²) in [5, 5.41) is 0. The van der Waals surface area contributed by atoms with Crippen molar-refractivity contribution < 1.29 is 0 Å². The molecule has 0 aromatic heterocycles. The summed E-state index contributed by atoms with van der Waals surface area (Å²) in [4.78, 5) is 0. The molecule has 0 unspecified atom stereocenters. The fourth-order valence-corrected chi connectivity index (χ4v) is 1.41. The number of hydrogen-bond donors (Lipinski definition) is 0. The lowest BCUT2D eigenvalue weighted by molar-refractivity contribution is 1.24. The quantitative estimate of drug-likeness (QED) is 0.414. The van der Waals surface area contributed by atoms with Crippen molar-refractivity contribution in [2.75, 3.05) is 0 Å². The third kappa shape index (κ3) is 3.26. The van der Waals surface area contributed by atoms with Crippen LogP contribution in [0.2, 0.25) is 0 Å². The van der Waals surface area contributed by atoms with E-state index in [9.17, 15) is 0 Å². The van der Waals surface area contributed by atoms with Crippen molar-refractivity contribution in [3.05, 3.63) is 35.4 Å². The lowest BCUT2D eigenvalue weighted by Gasteiger charge is -2.11. The van der Waals surface area contributed by atoms with Gasteiger partial charge in [-0.05, 0) is 6.07 Å². The van der Waals surface area contributed by atoms with Gasteiger partial charge in [-0.15, -0.1) is 0 Å². The monoisotopic (exact) mass is 272 g/mol. The van der Waals surface area contributed by atoms with Gasteiger partial charge in [-0.25, -0.2) is 0 Å². The zero-order chi connectivity index (χ0) is 10.1. The Hall–Kier alpha value is 0.470. The Morgan fingerprint density at radius 3 is 2.31 bits per heavy atom. The van der Waals surface area contributed by atoms with Gasteiger partial charge in [-0.2, -0.15) is 0 Å². The summed E-state index contributed by atoms with van der Waals surface area (Å²) in [6.45, 7) is 0. The number of hydrogen-bond acceptors (Lipinski definition) is 1. The van der Waals surface area contributed by atoms with Gasteiger partial charge in [0.1, 0.15) is 4.32 Å². The van der Waals surface area contributed by atoms with Gasteiger partial charge >= 0.3 is 0 Å². The highest BCUT2D eigenvalue weighted by Crippen LogP contribution is 2.38. The summed E-state index contributed by atoms with van der Waals surface area (Å²) < 4.78 is -1.17. The van der Waals surface area contributed by atoms with E-state index in [1.165, 1.54) is 0 Å². The van der Waals surface area contributed by atoms with Gasteiger partial charge in [0.2, 0.25) is 3.79 Å². The van der Waals surface area contributed by atoms with Crippen LogP contribution in [0.4, 0.5) is 0 Å². The fraction of sp³-hybridized carbons (Fsp3) is 0.125. The predicted molar refractivity (Wildman–Crippen MR) is 63.2 cm³/mol. The maximum atomic E-state index is 5.68. The van der Waals surface area contributed by atoms with Crippen LogP contribution < -0.4 is 0 Å². The van der Waals surface area contributed by atoms with E-state index in [-0.39, 0.29) is 4.32 Å². The summed E-state index contributed by atoms with van der Waals surface area (Å²) in [5.41, 5.74) is 1.23. The molecular formula is C8H4Cl4S. The molecule has 0 fully saturated rings. The Morgan fingerprint density at radius 1 is 1.23 bits per heavy atom. The Bertz CT molecular complexity index is 329. The standard InChI is InChI=1S/C8H4Cl4S/c9-7(13)5-2-1-3-6(4-5)8(10,11)12/h1-4H. The summed E-state index contributed by atoms with van der Waals surface area (Å²) in [6.07, 6.45) is 0. The lowest BCUT2D eigenvalue weighted by Crippen LogP contribution is -2.01. The molecule has 1 rings (SSSR count). The number of halogens is 4. The van der Waals surface area contributed by atoms with Crippen molar-refractivity contribution >= 4 is 62.9 Å². The molecule has 0 atom stereocenters. The molecular weight excluding hydrogens is 270 g/mol. The first-order chi connectivity index (χ1) is 5.91. The molecule has 0 saturated heterocycles. The average molecular weight is 274 g/mol. The highest BCUT2D eigenvalue weighted by Gasteiger charge is 2.22. The normalized spacial score (nSPS) is 11.4. The summed E-state index contributed by atoms with van der Waals surface area (Å²) >= 11 is 27.4. The molecule has 0 N–H and O–H groups in total. The Kier molecular flexibility index (Phi) is 3.84. The number of rotatable bonds is 1. The van der Waals surface area contributed by atoms with Crippen LogP contribution >= 0.6 is 58.6 Å². The molecule has 0 radical (unpaired) electrons. The molecule has 0 heterocycles. The van der Waals surface area contributed by atoms with Crippen molar-refractivity contribution in [2.24, 2.45) is 0 Å². The highest BCUT2D eigenvalue weighted by atomic mass is 35.6. The second-order valence-electron chi connectivity index (χ2n) is 2.35. The molecule has 5 heteroatoms. The molecule has 0 saturated carbocycles. The fourth-order valence-electron chi connectivity index (χ4n) is 0.818. The van der Waals surface area contributed by atoms with E-state index in [4.69, 9.17) is 58.6 Å². The van der Waals surface area contributed by atoms with Gasteiger partial charge in [0.05, 0.1) is 0 Å². The maximum absolute atomic E-state index is 5.68. The Labute approximate surface area is 102 Å². The Morgan fingerprint density at radius 2 is 1.85 bits per heavy atom. The SMILES string of the molecule is S=C(Cl)c1cccc(C(Cl)(Cl)Cl)c1. The molecule has 0 bridgehead atoms. The van der Waals surface area contributed by atoms with Crippen LogP contribution in [0.3, 0.4) is 0 Å². The highest BCUT2D eigenvalue weighted by molar-refractivity contribution is 7.83. The third-order valence-corrected chi connectivity index (χ3v) is 2.53. The van der Waals surface area contributed by atoms with Crippen LogP contribution in [-0.4, -0.2) is 4.32 Å². The number of thiocarbonyl (C=S) groups is 1. The third-order valence-electron chi connectivity index (χ3n) is 1.42. The van der Waals surface area contributed by atoms with Crippen LogP contribution in [-0.2, 0) is 3.79 Å². The van der Waals surface area contributed by atoms with Gasteiger partial charge in [0, 0.05) is 11.1 Å². The zero-order valence-electron chi connectivity index (χ0n) is 6.23. The molecule has 1 aromatic carbocycles. The van der Waals surface area contributed by atoms with E-state index < -0.39 is 3.79 Å². The topological polar surface area (TPSA) is 0 Å². The van der Waals surface area contributed by atoms with Crippen molar-refractivity contribution in [1.29, 1.82) is 0 Å². The second-order valence-corrected chi connectivity index (χ2v) is 5.64. The number of alkyl halides is 3. The van der Waals surface area contributed by atoms with Gasteiger partial charge in [0.15, 0.2) is 0 Å². The van der Waals surface area contributed by atoms with Crippen molar-refractivity contribution in [1.82, 2.24) is 0 Å². The first-order valence-electron chi connectivity index (χ1n) is 3.28. The van der Waals surface area contributed by atoms with Gasteiger partial charge < -0.3 is 0 Å². The molecule has 13 heavy (non-hydrogen) atoms. The minimum absolute atomic E-state index is 0.260. The maximum Gasteiger partial charge on any atom is 0.216 e. The van der Waals surface area contributed by atoms with Crippen molar-refractivity contribution in [3.63, 3.8) is 0 Å². The smallest absolute Gasteiger partial charge is 0.0784 e. The first-order valence-corrected chi connectivity index (χ1v) is 5.20. The van der Waals surface area contributed by atoms with Crippen molar-refractivity contribution in [2.45, 2.75) is 3.79 Å². The number of benzene rings is 1. The predicted octanol–water partition coefficient (Wildman–Crippen LogP) is 4.43. The molecule has 0 aliphatic heterocycles. The first kappa shape index (κ1) is 11.5. The second kappa shape index (κ2) is 4.33. The van der Waals surface area contributed by atoms with Gasteiger partial charge in [-0.1, -0.05) is 76.8 Å². The average Bonchev–Trinajstić information content (AvgIpc) is 2.03.